The molecule has 0 bridgehead atoms. The van der Waals surface area contributed by atoms with E-state index in [0.717, 1.165) is 19.3 Å². The van der Waals surface area contributed by atoms with Crippen LogP contribution in [0.3, 0.4) is 0 Å². The van der Waals surface area contributed by atoms with Crippen LogP contribution in [-0.4, -0.2) is 68.9 Å². The minimum absolute atomic E-state index is 0.0159. The van der Waals surface area contributed by atoms with E-state index in [0.29, 0.717) is 34.8 Å². The summed E-state index contributed by atoms with van der Waals surface area (Å²) in [5, 5.41) is 2.89. The molecule has 0 aliphatic heterocycles. The number of aliphatic imine (C=N–C) groups is 1. The molecule has 0 spiro atoms. The van der Waals surface area contributed by atoms with Crippen LogP contribution in [0.25, 0.3) is 0 Å². The van der Waals surface area contributed by atoms with E-state index in [4.69, 9.17) is 4.99 Å². The molecule has 11 nitrogen and oxygen atoms in total. The second-order valence-corrected chi connectivity index (χ2v) is 15.2. The van der Waals surface area contributed by atoms with E-state index >= 15 is 0 Å². The molecule has 0 unspecified atom stereocenters. The molecule has 0 fully saturated rings. The van der Waals surface area contributed by atoms with E-state index in [9.17, 15) is 38.3 Å². The largest absolute Gasteiger partial charge is 0.370 e. The van der Waals surface area contributed by atoms with E-state index in [1.165, 1.54) is 55.9 Å². The Labute approximate surface area is 271 Å². The third-order valence-electron chi connectivity index (χ3n) is 7.82. The fraction of sp³-hybridized carbons (Fsp3) is 0.485. The molecule has 0 aromatic heterocycles. The normalized spacial score (nSPS) is 14.2. The predicted octanol–water partition coefficient (Wildman–Crippen LogP) is 6.13. The molecule has 0 saturated heterocycles. The minimum atomic E-state index is -4.33. The van der Waals surface area contributed by atoms with Gasteiger partial charge in [-0.2, -0.15) is 0 Å². The molecule has 0 saturated carbocycles. The molecule has 5 N–H and O–H groups in total. The van der Waals surface area contributed by atoms with Crippen molar-refractivity contribution in [3.05, 3.63) is 71.3 Å². The van der Waals surface area contributed by atoms with E-state index in [-0.39, 0.29) is 24.4 Å². The maximum Gasteiger partial charge on any atom is 0.327 e. The van der Waals surface area contributed by atoms with Crippen molar-refractivity contribution in [3.8, 4) is 0 Å². The molecule has 13 heteroatoms. The minimum Gasteiger partial charge on any atom is -0.370 e. The number of nitrogens with one attached hydrogen (secondary N) is 1. The lowest BCUT2D eigenvalue weighted by atomic mass is 9.88. The van der Waals surface area contributed by atoms with Gasteiger partial charge in [-0.25, -0.2) is 4.99 Å². The molecule has 0 radical (unpaired) electrons. The Bertz CT molecular complexity index is 1440. The number of nitrogens with zero attached hydrogens (tertiary/aromatic N) is 2. The zero-order chi connectivity index (χ0) is 33.6. The Morgan fingerprint density at radius 3 is 1.83 bits per heavy atom. The molecule has 0 heterocycles. The SMILES string of the molecule is CCCCCCCCCCCCNC(=O)C1=C/C(=N\c2ccc(N(CCP(=O)(O)O)CCP(=O)(O)O)cc2)c2ccccc2C1=O. The summed E-state index contributed by atoms with van der Waals surface area (Å²) in [5.41, 5.74) is 2.43. The molecule has 1 aliphatic rings. The average Bonchev–Trinajstić information content (AvgIpc) is 3.00. The fourth-order valence-corrected chi connectivity index (χ4v) is 6.25. The summed E-state index contributed by atoms with van der Waals surface area (Å²) in [7, 11) is -8.67. The van der Waals surface area contributed by atoms with E-state index in [1.807, 2.05) is 0 Å². The number of hydrogen-bond acceptors (Lipinski definition) is 6. The van der Waals surface area contributed by atoms with Crippen LogP contribution >= 0.6 is 15.2 Å². The van der Waals surface area contributed by atoms with Gasteiger partial charge >= 0.3 is 15.2 Å². The van der Waals surface area contributed by atoms with Crippen LogP contribution in [0.4, 0.5) is 11.4 Å². The lowest BCUT2D eigenvalue weighted by Gasteiger charge is -2.25. The Morgan fingerprint density at radius 1 is 0.761 bits per heavy atom. The molecule has 2 aromatic carbocycles. The molecule has 2 aromatic rings. The lowest BCUT2D eigenvalue weighted by molar-refractivity contribution is -0.117. The highest BCUT2D eigenvalue weighted by Gasteiger charge is 2.28. The topological polar surface area (TPSA) is 177 Å². The highest BCUT2D eigenvalue weighted by molar-refractivity contribution is 7.52. The molecular weight excluding hydrogens is 628 g/mol. The van der Waals surface area contributed by atoms with Gasteiger partial charge in [-0.1, -0.05) is 89.0 Å². The van der Waals surface area contributed by atoms with Crippen LogP contribution in [0.5, 0.6) is 0 Å². The van der Waals surface area contributed by atoms with Gasteiger partial charge < -0.3 is 29.8 Å². The van der Waals surface area contributed by atoms with E-state index < -0.39 is 33.4 Å². The van der Waals surface area contributed by atoms with Gasteiger partial charge in [0, 0.05) is 36.4 Å². The van der Waals surface area contributed by atoms with Crippen molar-refractivity contribution >= 4 is 44.0 Å². The van der Waals surface area contributed by atoms with Crippen LogP contribution in [0.2, 0.25) is 0 Å². The molecule has 1 amide bonds. The van der Waals surface area contributed by atoms with Gasteiger partial charge in [-0.15, -0.1) is 0 Å². The maximum atomic E-state index is 13.2. The second kappa shape index (κ2) is 18.4. The molecule has 3 rings (SSSR count). The third kappa shape index (κ3) is 13.1. The zero-order valence-corrected chi connectivity index (χ0v) is 28.3. The number of amides is 1. The summed E-state index contributed by atoms with van der Waals surface area (Å²) in [4.78, 5) is 69.8. The molecule has 1 aliphatic carbocycles. The van der Waals surface area contributed by atoms with Crippen molar-refractivity contribution < 1.29 is 38.3 Å². The number of carbonyl (C=O) groups is 2. The summed E-state index contributed by atoms with van der Waals surface area (Å²) < 4.78 is 22.9. The van der Waals surface area contributed by atoms with Gasteiger partial charge in [-0.05, 0) is 36.8 Å². The van der Waals surface area contributed by atoms with Gasteiger partial charge in [0.2, 0.25) is 0 Å². The zero-order valence-electron chi connectivity index (χ0n) is 26.5. The summed E-state index contributed by atoms with van der Waals surface area (Å²) >= 11 is 0. The van der Waals surface area contributed by atoms with Gasteiger partial charge in [0.25, 0.3) is 5.91 Å². The molecule has 0 atom stereocenters. The van der Waals surface area contributed by atoms with Crippen molar-refractivity contribution in [2.45, 2.75) is 71.1 Å². The number of ketones is 1. The van der Waals surface area contributed by atoms with Crippen LogP contribution in [0, 0.1) is 0 Å². The highest BCUT2D eigenvalue weighted by Crippen LogP contribution is 2.37. The number of rotatable bonds is 20. The maximum absolute atomic E-state index is 13.2. The summed E-state index contributed by atoms with van der Waals surface area (Å²) in [5.74, 6) is -0.805. The molecule has 252 valence electrons. The van der Waals surface area contributed by atoms with Gasteiger partial charge in [0.15, 0.2) is 5.78 Å². The fourth-order valence-electron chi connectivity index (χ4n) is 5.25. The molecular formula is C33H47N3O8P2. The van der Waals surface area contributed by atoms with Crippen molar-refractivity contribution in [3.63, 3.8) is 0 Å². The third-order valence-corrected chi connectivity index (χ3v) is 9.39. The second-order valence-electron chi connectivity index (χ2n) is 11.6. The van der Waals surface area contributed by atoms with Crippen molar-refractivity contribution in [1.82, 2.24) is 5.32 Å². The number of benzene rings is 2. The smallest absolute Gasteiger partial charge is 0.327 e. The van der Waals surface area contributed by atoms with Gasteiger partial charge in [-0.3, -0.25) is 18.7 Å². The number of carbonyl (C=O) groups excluding carboxylic acids is 2. The Kier molecular flexibility index (Phi) is 15.0. The Morgan fingerprint density at radius 2 is 1.28 bits per heavy atom. The van der Waals surface area contributed by atoms with Crippen LogP contribution in [-0.2, 0) is 13.9 Å². The first kappa shape index (κ1) is 37.5. The number of unbranched alkanes of at least 4 members (excludes halogenated alkanes) is 9. The van der Waals surface area contributed by atoms with Gasteiger partial charge in [0.05, 0.1) is 29.3 Å². The van der Waals surface area contributed by atoms with Crippen LogP contribution < -0.4 is 10.2 Å². The van der Waals surface area contributed by atoms with Crippen LogP contribution in [0.15, 0.2) is 65.2 Å². The van der Waals surface area contributed by atoms with Gasteiger partial charge in [0.1, 0.15) is 0 Å². The number of fused-ring (bicyclic) bond motifs is 1. The summed E-state index contributed by atoms with van der Waals surface area (Å²) in [6, 6.07) is 13.5. The van der Waals surface area contributed by atoms with Crippen molar-refractivity contribution in [1.29, 1.82) is 0 Å². The monoisotopic (exact) mass is 675 g/mol. The standard InChI is InChI=1S/C33H47N3O8P2/c1-2-3-4-5-6-7-8-9-10-13-20-34-33(38)30-25-31(28-14-11-12-15-29(28)32(30)37)35-26-16-18-27(19-17-26)36(21-23-45(39,40)41)22-24-46(42,43)44/h11-12,14-19,25H,2-10,13,20-24H2,1H3,(H,34,38)(H2,39,40,41)(H2,42,43,44)/b35-31+. The number of Topliss-reactive ketones (excluding diaryl/α,β-unsaturated/α-hetero) is 1. The predicted molar refractivity (Wildman–Crippen MR) is 182 cm³/mol. The number of hydrogen-bond donors (Lipinski definition) is 5. The lowest BCUT2D eigenvalue weighted by Crippen LogP contribution is -2.32. The first-order valence-corrected chi connectivity index (χ1v) is 19.6. The quantitative estimate of drug-likeness (QED) is 0.0628. The Hall–Kier alpha value is -2.91. The number of allylic oxidation sites excluding steroid dienone is 1. The van der Waals surface area contributed by atoms with Crippen molar-refractivity contribution in [2.75, 3.05) is 36.9 Å². The highest BCUT2D eigenvalue weighted by atomic mass is 31.2. The first-order chi connectivity index (χ1) is 21.9. The van der Waals surface area contributed by atoms with Crippen molar-refractivity contribution in [2.24, 2.45) is 4.99 Å². The first-order valence-electron chi connectivity index (χ1n) is 16.0. The Balaban J connectivity index is 1.67. The average molecular weight is 676 g/mol. The summed E-state index contributed by atoms with van der Waals surface area (Å²) in [6.07, 6.45) is 12.4. The van der Waals surface area contributed by atoms with E-state index in [1.54, 1.807) is 48.5 Å². The van der Waals surface area contributed by atoms with E-state index in [2.05, 4.69) is 12.2 Å². The van der Waals surface area contributed by atoms with Crippen LogP contribution in [0.1, 0.15) is 87.1 Å². The number of anilines is 1. The summed E-state index contributed by atoms with van der Waals surface area (Å²) in [6.45, 7) is 2.49. The molecule has 46 heavy (non-hydrogen) atoms.